The first kappa shape index (κ1) is 14.1. The maximum Gasteiger partial charge on any atom is 0.0201 e. The molecule has 0 aliphatic carbocycles. The molecule has 2 aromatic carbocycles. The van der Waals surface area contributed by atoms with Crippen molar-refractivity contribution >= 4 is 17.3 Å². The van der Waals surface area contributed by atoms with Gasteiger partial charge in [0.25, 0.3) is 0 Å². The third-order valence-electron chi connectivity index (χ3n) is 4.64. The first-order valence-corrected chi connectivity index (χ1v) is 8.90. The van der Waals surface area contributed by atoms with Crippen molar-refractivity contribution in [3.8, 4) is 0 Å². The van der Waals surface area contributed by atoms with Crippen molar-refractivity contribution in [1.82, 2.24) is 4.90 Å². The van der Waals surface area contributed by atoms with Crippen LogP contribution in [0.5, 0.6) is 0 Å². The molecular formula is C20H21NS. The molecule has 0 saturated carbocycles. The van der Waals surface area contributed by atoms with Crippen LogP contribution < -0.4 is 0 Å². The summed E-state index contributed by atoms with van der Waals surface area (Å²) in [6, 6.07) is 17.7. The van der Waals surface area contributed by atoms with Gasteiger partial charge in [-0.05, 0) is 61.2 Å². The molecule has 22 heavy (non-hydrogen) atoms. The number of hydrogen-bond acceptors (Lipinski definition) is 2. The van der Waals surface area contributed by atoms with Crippen molar-refractivity contribution in [1.29, 1.82) is 0 Å². The highest BCUT2D eigenvalue weighted by molar-refractivity contribution is 7.99. The second kappa shape index (κ2) is 5.94. The predicted octanol–water partition coefficient (Wildman–Crippen LogP) is 4.92. The van der Waals surface area contributed by atoms with E-state index in [1.165, 1.54) is 52.4 Å². The minimum atomic E-state index is 0.665. The lowest BCUT2D eigenvalue weighted by Gasteiger charge is -2.29. The predicted molar refractivity (Wildman–Crippen MR) is 94.3 cm³/mol. The Bertz CT molecular complexity index is 672. The Hall–Kier alpha value is -1.51. The molecular weight excluding hydrogens is 286 g/mol. The molecule has 2 aliphatic rings. The SMILES string of the molecule is CN1CCCC(C=C2c3ccccc3Sc3ccccc32)C1. The lowest BCUT2D eigenvalue weighted by molar-refractivity contribution is 0.238. The highest BCUT2D eigenvalue weighted by Crippen LogP contribution is 2.45. The topological polar surface area (TPSA) is 3.24 Å². The molecule has 4 rings (SSSR count). The van der Waals surface area contributed by atoms with Gasteiger partial charge >= 0.3 is 0 Å². The van der Waals surface area contributed by atoms with Gasteiger partial charge in [-0.1, -0.05) is 54.2 Å². The minimum Gasteiger partial charge on any atom is -0.306 e. The zero-order valence-corrected chi connectivity index (χ0v) is 13.8. The molecule has 2 aliphatic heterocycles. The monoisotopic (exact) mass is 307 g/mol. The van der Waals surface area contributed by atoms with Gasteiger partial charge in [0, 0.05) is 16.3 Å². The number of nitrogens with zero attached hydrogens (tertiary/aromatic N) is 1. The normalized spacial score (nSPS) is 21.1. The van der Waals surface area contributed by atoms with Crippen molar-refractivity contribution in [3.63, 3.8) is 0 Å². The van der Waals surface area contributed by atoms with Crippen molar-refractivity contribution in [2.24, 2.45) is 5.92 Å². The van der Waals surface area contributed by atoms with E-state index in [1.54, 1.807) is 0 Å². The van der Waals surface area contributed by atoms with Gasteiger partial charge in [0.1, 0.15) is 0 Å². The summed E-state index contributed by atoms with van der Waals surface area (Å²) in [7, 11) is 2.24. The molecule has 2 heteroatoms. The highest BCUT2D eigenvalue weighted by Gasteiger charge is 2.22. The van der Waals surface area contributed by atoms with Gasteiger partial charge in [0.05, 0.1) is 0 Å². The Kier molecular flexibility index (Phi) is 3.81. The third kappa shape index (κ3) is 2.62. The Morgan fingerprint density at radius 1 is 1.00 bits per heavy atom. The lowest BCUT2D eigenvalue weighted by Crippen LogP contribution is -2.31. The Morgan fingerprint density at radius 3 is 2.27 bits per heavy atom. The molecule has 0 N–H and O–H groups in total. The maximum absolute atomic E-state index is 2.53. The summed E-state index contributed by atoms with van der Waals surface area (Å²) in [6.07, 6.45) is 5.15. The van der Waals surface area contributed by atoms with Gasteiger partial charge in [-0.2, -0.15) is 0 Å². The molecule has 1 nitrogen and oxygen atoms in total. The van der Waals surface area contributed by atoms with Crippen LogP contribution in [-0.2, 0) is 0 Å². The van der Waals surface area contributed by atoms with Gasteiger partial charge in [0.15, 0.2) is 0 Å². The standard InChI is InChI=1S/C20H21NS/c1-21-12-6-7-15(14-21)13-18-16-8-2-4-10-19(16)22-20-11-5-3-9-17(18)20/h2-5,8-11,13,15H,6-7,12,14H2,1H3. The average Bonchev–Trinajstić information content (AvgIpc) is 2.55. The molecule has 1 fully saturated rings. The summed E-state index contributed by atoms with van der Waals surface area (Å²) < 4.78 is 0. The fourth-order valence-corrected chi connectivity index (χ4v) is 4.68. The van der Waals surface area contributed by atoms with Crippen LogP contribution >= 0.6 is 11.8 Å². The van der Waals surface area contributed by atoms with E-state index >= 15 is 0 Å². The first-order valence-electron chi connectivity index (χ1n) is 8.08. The zero-order valence-electron chi connectivity index (χ0n) is 13.0. The van der Waals surface area contributed by atoms with E-state index in [4.69, 9.17) is 0 Å². The van der Waals surface area contributed by atoms with E-state index in [-0.39, 0.29) is 0 Å². The van der Waals surface area contributed by atoms with Crippen LogP contribution in [0.25, 0.3) is 5.57 Å². The van der Waals surface area contributed by atoms with Crippen LogP contribution in [0, 0.1) is 5.92 Å². The van der Waals surface area contributed by atoms with Crippen LogP contribution in [0.4, 0.5) is 0 Å². The third-order valence-corrected chi connectivity index (χ3v) is 5.79. The highest BCUT2D eigenvalue weighted by atomic mass is 32.2. The summed E-state index contributed by atoms with van der Waals surface area (Å²) in [5.41, 5.74) is 4.24. The summed E-state index contributed by atoms with van der Waals surface area (Å²) >= 11 is 1.90. The molecule has 1 unspecified atom stereocenters. The summed E-state index contributed by atoms with van der Waals surface area (Å²) in [5.74, 6) is 0.665. The number of piperidine rings is 1. The van der Waals surface area contributed by atoms with Crippen molar-refractivity contribution < 1.29 is 0 Å². The molecule has 0 bridgehead atoms. The minimum absolute atomic E-state index is 0.665. The summed E-state index contributed by atoms with van der Waals surface area (Å²) in [4.78, 5) is 5.23. The van der Waals surface area contributed by atoms with Crippen molar-refractivity contribution in [2.75, 3.05) is 20.1 Å². The number of rotatable bonds is 1. The second-order valence-corrected chi connectivity index (χ2v) is 7.42. The summed E-state index contributed by atoms with van der Waals surface area (Å²) in [6.45, 7) is 2.42. The fraction of sp³-hybridized carbons (Fsp3) is 0.300. The molecule has 0 radical (unpaired) electrons. The molecule has 112 valence electrons. The second-order valence-electron chi connectivity index (χ2n) is 6.34. The first-order chi connectivity index (χ1) is 10.8. The van der Waals surface area contributed by atoms with Crippen LogP contribution in [0.2, 0.25) is 0 Å². The van der Waals surface area contributed by atoms with E-state index in [1.807, 2.05) is 11.8 Å². The average molecular weight is 307 g/mol. The molecule has 1 atom stereocenters. The Balaban J connectivity index is 1.80. The summed E-state index contributed by atoms with van der Waals surface area (Å²) in [5, 5.41) is 0. The number of fused-ring (bicyclic) bond motifs is 2. The largest absolute Gasteiger partial charge is 0.306 e. The quantitative estimate of drug-likeness (QED) is 0.627. The Labute approximate surface area is 137 Å². The van der Waals surface area contributed by atoms with Gasteiger partial charge in [-0.15, -0.1) is 0 Å². The van der Waals surface area contributed by atoms with Crippen LogP contribution in [0.3, 0.4) is 0 Å². The smallest absolute Gasteiger partial charge is 0.0201 e. The molecule has 0 aromatic heterocycles. The lowest BCUT2D eigenvalue weighted by atomic mass is 9.90. The number of likely N-dealkylation sites (tertiary alicyclic amines) is 1. The number of benzene rings is 2. The van der Waals surface area contributed by atoms with E-state index in [2.05, 4.69) is 66.6 Å². The molecule has 0 spiro atoms. The molecule has 0 amide bonds. The van der Waals surface area contributed by atoms with E-state index in [0.717, 1.165) is 0 Å². The Morgan fingerprint density at radius 2 is 1.64 bits per heavy atom. The van der Waals surface area contributed by atoms with Gasteiger partial charge < -0.3 is 4.90 Å². The van der Waals surface area contributed by atoms with Crippen molar-refractivity contribution in [3.05, 3.63) is 65.7 Å². The van der Waals surface area contributed by atoms with Gasteiger partial charge in [0.2, 0.25) is 0 Å². The molecule has 2 heterocycles. The van der Waals surface area contributed by atoms with E-state index in [9.17, 15) is 0 Å². The zero-order chi connectivity index (χ0) is 14.9. The van der Waals surface area contributed by atoms with Crippen molar-refractivity contribution in [2.45, 2.75) is 22.6 Å². The number of hydrogen-bond donors (Lipinski definition) is 0. The van der Waals surface area contributed by atoms with E-state index in [0.29, 0.717) is 5.92 Å². The fourth-order valence-electron chi connectivity index (χ4n) is 3.58. The van der Waals surface area contributed by atoms with E-state index < -0.39 is 0 Å². The van der Waals surface area contributed by atoms with Gasteiger partial charge in [-0.3, -0.25) is 0 Å². The molecule has 1 saturated heterocycles. The van der Waals surface area contributed by atoms with Crippen LogP contribution in [0.1, 0.15) is 24.0 Å². The van der Waals surface area contributed by atoms with Gasteiger partial charge in [-0.25, -0.2) is 0 Å². The van der Waals surface area contributed by atoms with Crippen LogP contribution in [0.15, 0.2) is 64.4 Å². The van der Waals surface area contributed by atoms with Crippen LogP contribution in [-0.4, -0.2) is 25.0 Å². The molecule has 2 aromatic rings. The maximum atomic E-state index is 2.53.